The van der Waals surface area contributed by atoms with Gasteiger partial charge in [-0.3, -0.25) is 0 Å². The minimum atomic E-state index is 0.162. The predicted molar refractivity (Wildman–Crippen MR) is 72.1 cm³/mol. The molecule has 0 aromatic carbocycles. The van der Waals surface area contributed by atoms with Crippen molar-refractivity contribution >= 4 is 17.2 Å². The van der Waals surface area contributed by atoms with Gasteiger partial charge in [0, 0.05) is 26.1 Å². The number of rotatable bonds is 5. The van der Waals surface area contributed by atoms with E-state index in [0.29, 0.717) is 18.8 Å². The van der Waals surface area contributed by atoms with Gasteiger partial charge in [-0.1, -0.05) is 11.3 Å². The molecule has 2 aromatic rings. The zero-order chi connectivity index (χ0) is 13.8. The number of anilines is 1. The normalized spacial score (nSPS) is 10.7. The number of aliphatic hydroxyl groups is 1. The zero-order valence-corrected chi connectivity index (χ0v) is 11.8. The van der Waals surface area contributed by atoms with E-state index in [2.05, 4.69) is 14.5 Å². The van der Waals surface area contributed by atoms with Crippen molar-refractivity contribution in [1.29, 1.82) is 0 Å². The van der Waals surface area contributed by atoms with Crippen molar-refractivity contribution in [1.82, 2.24) is 9.97 Å². The summed E-state index contributed by atoms with van der Waals surface area (Å²) < 4.78 is 7.01. The lowest BCUT2D eigenvalue weighted by atomic mass is 10.2. The van der Waals surface area contributed by atoms with E-state index in [1.165, 1.54) is 12.0 Å². The van der Waals surface area contributed by atoms with E-state index in [1.807, 2.05) is 12.4 Å². The molecule has 0 aliphatic carbocycles. The largest absolute Gasteiger partial charge is 0.467 e. The van der Waals surface area contributed by atoms with E-state index < -0.39 is 0 Å². The van der Waals surface area contributed by atoms with Gasteiger partial charge in [-0.15, -0.1) is 0 Å². The van der Waals surface area contributed by atoms with Crippen LogP contribution in [-0.2, 0) is 13.0 Å². The molecule has 2 heterocycles. The first-order chi connectivity index (χ1) is 9.15. The number of methoxy groups -OCH3 is 1. The number of nitrogens with zero attached hydrogens (tertiary/aromatic N) is 3. The molecule has 102 valence electrons. The van der Waals surface area contributed by atoms with Gasteiger partial charge in [-0.2, -0.15) is 9.55 Å². The molecule has 3 N–H and O–H groups in total. The quantitative estimate of drug-likeness (QED) is 0.770. The Labute approximate surface area is 115 Å². The van der Waals surface area contributed by atoms with Crippen molar-refractivity contribution in [3.05, 3.63) is 27.8 Å². The summed E-state index contributed by atoms with van der Waals surface area (Å²) in [5.41, 5.74) is 9.88. The first kappa shape index (κ1) is 13.7. The fourth-order valence-corrected chi connectivity index (χ4v) is 2.74. The van der Waals surface area contributed by atoms with Crippen LogP contribution in [0, 0.1) is 6.92 Å². The third-order valence-corrected chi connectivity index (χ3v) is 4.04. The average molecular weight is 281 g/mol. The van der Waals surface area contributed by atoms with E-state index in [9.17, 15) is 0 Å². The van der Waals surface area contributed by atoms with Crippen molar-refractivity contribution in [3.63, 3.8) is 0 Å². The van der Waals surface area contributed by atoms with Crippen LogP contribution in [0.1, 0.15) is 16.1 Å². The number of hydrogen-bond donors (Lipinski definition) is 2. The minimum absolute atomic E-state index is 0.162. The van der Waals surface area contributed by atoms with Crippen LogP contribution in [-0.4, -0.2) is 28.8 Å². The van der Waals surface area contributed by atoms with E-state index in [-0.39, 0.29) is 12.6 Å². The molecule has 0 spiro atoms. The fourth-order valence-electron chi connectivity index (χ4n) is 1.76. The molecule has 0 radical (unpaired) electrons. The van der Waals surface area contributed by atoms with Crippen molar-refractivity contribution in [2.24, 2.45) is 0 Å². The number of ether oxygens (including phenoxy) is 1. The maximum Gasteiger partial charge on any atom is 0.318 e. The molecule has 0 bridgehead atoms. The summed E-state index contributed by atoms with van der Waals surface area (Å²) in [4.78, 5) is 9.30. The SMILES string of the molecule is COc1ncc(C[n+]2csc(CCO)c2C)c(N)n1. The first-order valence-corrected chi connectivity index (χ1v) is 6.76. The predicted octanol–water partition coefficient (Wildman–Crippen LogP) is 0.308. The molecule has 0 atom stereocenters. The third-order valence-electron chi connectivity index (χ3n) is 2.89. The van der Waals surface area contributed by atoms with Gasteiger partial charge in [0.2, 0.25) is 5.51 Å². The summed E-state index contributed by atoms with van der Waals surface area (Å²) in [5, 5.41) is 8.99. The summed E-state index contributed by atoms with van der Waals surface area (Å²) >= 11 is 1.63. The molecule has 7 heteroatoms. The maximum absolute atomic E-state index is 8.99. The van der Waals surface area contributed by atoms with Crippen LogP contribution in [0.25, 0.3) is 0 Å². The van der Waals surface area contributed by atoms with Crippen LogP contribution in [0.4, 0.5) is 5.82 Å². The van der Waals surface area contributed by atoms with E-state index in [0.717, 1.165) is 11.3 Å². The number of nitrogens with two attached hydrogens (primary N) is 1. The van der Waals surface area contributed by atoms with Crippen LogP contribution in [0.15, 0.2) is 11.7 Å². The molecule has 0 saturated carbocycles. The number of aromatic nitrogens is 3. The highest BCUT2D eigenvalue weighted by Gasteiger charge is 2.17. The van der Waals surface area contributed by atoms with Gasteiger partial charge in [0.05, 0.1) is 17.6 Å². The molecule has 6 nitrogen and oxygen atoms in total. The van der Waals surface area contributed by atoms with Gasteiger partial charge in [-0.25, -0.2) is 4.98 Å². The monoisotopic (exact) mass is 281 g/mol. The van der Waals surface area contributed by atoms with Gasteiger partial charge in [-0.05, 0) is 0 Å². The molecule has 19 heavy (non-hydrogen) atoms. The Bertz CT molecular complexity index is 571. The smallest absolute Gasteiger partial charge is 0.318 e. The van der Waals surface area contributed by atoms with Crippen molar-refractivity contribution in [2.45, 2.75) is 19.9 Å². The van der Waals surface area contributed by atoms with Crippen LogP contribution in [0.2, 0.25) is 0 Å². The standard InChI is InChI=1S/C12H17N4O2S/c1-8-10(3-4-17)19-7-16(8)6-9-5-14-12(18-2)15-11(9)13/h5,7,17H,3-4,6H2,1-2H3,(H2,13,14,15)/q+1. The van der Waals surface area contributed by atoms with Gasteiger partial charge in [0.1, 0.15) is 5.82 Å². The van der Waals surface area contributed by atoms with Crippen molar-refractivity contribution in [3.8, 4) is 6.01 Å². The molecule has 0 fully saturated rings. The highest BCUT2D eigenvalue weighted by atomic mass is 32.1. The number of hydrogen-bond acceptors (Lipinski definition) is 6. The number of nitrogen functional groups attached to an aromatic ring is 1. The minimum Gasteiger partial charge on any atom is -0.467 e. The van der Waals surface area contributed by atoms with E-state index in [1.54, 1.807) is 17.5 Å². The van der Waals surface area contributed by atoms with Crippen LogP contribution >= 0.6 is 11.3 Å². The van der Waals surface area contributed by atoms with Gasteiger partial charge >= 0.3 is 6.01 Å². The highest BCUT2D eigenvalue weighted by molar-refractivity contribution is 7.09. The molecule has 0 aliphatic heterocycles. The fraction of sp³-hybridized carbons (Fsp3) is 0.417. The van der Waals surface area contributed by atoms with Crippen molar-refractivity contribution < 1.29 is 14.4 Å². The summed E-state index contributed by atoms with van der Waals surface area (Å²) in [7, 11) is 1.51. The molecular weight excluding hydrogens is 264 g/mol. The summed E-state index contributed by atoms with van der Waals surface area (Å²) in [6.45, 7) is 2.81. The number of thiazole rings is 1. The Kier molecular flexibility index (Phi) is 4.28. The van der Waals surface area contributed by atoms with Crippen LogP contribution in [0.3, 0.4) is 0 Å². The average Bonchev–Trinajstić information content (AvgIpc) is 2.74. The van der Waals surface area contributed by atoms with Gasteiger partial charge < -0.3 is 15.6 Å². The summed E-state index contributed by atoms with van der Waals surface area (Å²) in [6, 6.07) is 0.272. The summed E-state index contributed by atoms with van der Waals surface area (Å²) in [6.07, 6.45) is 2.36. The van der Waals surface area contributed by atoms with Crippen LogP contribution < -0.4 is 15.0 Å². The maximum atomic E-state index is 8.99. The lowest BCUT2D eigenvalue weighted by molar-refractivity contribution is -0.689. The Hall–Kier alpha value is -1.73. The molecule has 2 rings (SSSR count). The van der Waals surface area contributed by atoms with Crippen molar-refractivity contribution in [2.75, 3.05) is 19.5 Å². The summed E-state index contributed by atoms with van der Waals surface area (Å²) in [5.74, 6) is 0.425. The molecule has 0 amide bonds. The van der Waals surface area contributed by atoms with E-state index >= 15 is 0 Å². The lowest BCUT2D eigenvalue weighted by Crippen LogP contribution is -2.35. The molecule has 0 saturated heterocycles. The van der Waals surface area contributed by atoms with E-state index in [4.69, 9.17) is 15.6 Å². The lowest BCUT2D eigenvalue weighted by Gasteiger charge is -2.03. The first-order valence-electron chi connectivity index (χ1n) is 5.88. The Balaban J connectivity index is 2.21. The molecular formula is C12H17N4O2S+. The molecule has 0 unspecified atom stereocenters. The Morgan fingerprint density at radius 2 is 2.32 bits per heavy atom. The number of aliphatic hydroxyl groups excluding tert-OH is 1. The second kappa shape index (κ2) is 5.94. The van der Waals surface area contributed by atoms with Crippen LogP contribution in [0.5, 0.6) is 6.01 Å². The Morgan fingerprint density at radius 3 is 2.95 bits per heavy atom. The third kappa shape index (κ3) is 2.99. The Morgan fingerprint density at radius 1 is 1.53 bits per heavy atom. The van der Waals surface area contributed by atoms with Gasteiger partial charge in [0.25, 0.3) is 0 Å². The zero-order valence-electron chi connectivity index (χ0n) is 11.0. The highest BCUT2D eigenvalue weighted by Crippen LogP contribution is 2.14. The topological polar surface area (TPSA) is 85.1 Å². The molecule has 0 aliphatic rings. The molecule has 2 aromatic heterocycles. The second-order valence-corrected chi connectivity index (χ2v) is 5.04. The van der Waals surface area contributed by atoms with Gasteiger partial charge in [0.15, 0.2) is 12.2 Å². The second-order valence-electron chi connectivity index (χ2n) is 4.10.